The van der Waals surface area contributed by atoms with Crippen molar-refractivity contribution in [1.29, 1.82) is 0 Å². The molecule has 0 saturated heterocycles. The zero-order valence-electron chi connectivity index (χ0n) is 17.7. The summed E-state index contributed by atoms with van der Waals surface area (Å²) >= 11 is 0. The summed E-state index contributed by atoms with van der Waals surface area (Å²) in [6, 6.07) is 21.8. The van der Waals surface area contributed by atoms with Gasteiger partial charge in [0, 0.05) is 30.6 Å². The lowest BCUT2D eigenvalue weighted by atomic mass is 10.1. The average molecular weight is 422 g/mol. The van der Waals surface area contributed by atoms with Gasteiger partial charge in [0.1, 0.15) is 5.76 Å². The highest BCUT2D eigenvalue weighted by Crippen LogP contribution is 2.20. The maximum Gasteiger partial charge on any atom is 0.258 e. The second-order valence-electron chi connectivity index (χ2n) is 7.91. The predicted octanol–water partition coefficient (Wildman–Crippen LogP) is 3.96. The normalized spacial score (nSPS) is 13.2. The molecule has 1 aliphatic rings. The molecule has 0 aliphatic carbocycles. The van der Waals surface area contributed by atoms with Gasteiger partial charge in [-0.25, -0.2) is 4.98 Å². The largest absolute Gasteiger partial charge is 0.464 e. The fourth-order valence-corrected chi connectivity index (χ4v) is 3.94. The molecule has 5 rings (SSSR count). The van der Waals surface area contributed by atoms with Gasteiger partial charge < -0.3 is 4.42 Å². The summed E-state index contributed by atoms with van der Waals surface area (Å²) in [6.07, 6.45) is 4.11. The molecule has 158 valence electrons. The van der Waals surface area contributed by atoms with E-state index in [1.165, 1.54) is 0 Å². The topological polar surface area (TPSA) is 51.3 Å². The lowest BCUT2D eigenvalue weighted by molar-refractivity contribution is 0.280. The number of rotatable bonds is 4. The van der Waals surface area contributed by atoms with Crippen molar-refractivity contribution in [2.45, 2.75) is 19.5 Å². The first kappa shape index (κ1) is 20.0. The van der Waals surface area contributed by atoms with Crippen molar-refractivity contribution in [3.05, 3.63) is 112 Å². The van der Waals surface area contributed by atoms with Crippen molar-refractivity contribution in [2.75, 3.05) is 13.1 Å². The van der Waals surface area contributed by atoms with Gasteiger partial charge in [-0.3, -0.25) is 14.3 Å². The van der Waals surface area contributed by atoms with Crippen molar-refractivity contribution < 1.29 is 4.42 Å². The molecule has 0 radical (unpaired) electrons. The molecule has 0 saturated carbocycles. The van der Waals surface area contributed by atoms with Crippen LogP contribution >= 0.6 is 0 Å². The predicted molar refractivity (Wildman–Crippen MR) is 124 cm³/mol. The molecule has 0 bridgehead atoms. The van der Waals surface area contributed by atoms with E-state index in [1.807, 2.05) is 66.7 Å². The third-order valence-corrected chi connectivity index (χ3v) is 5.69. The van der Waals surface area contributed by atoms with Crippen molar-refractivity contribution >= 4 is 0 Å². The number of fused-ring (bicyclic) bond motifs is 1. The van der Waals surface area contributed by atoms with Crippen LogP contribution in [-0.4, -0.2) is 27.5 Å². The molecule has 4 aromatic rings. The third kappa shape index (κ3) is 4.41. The lowest BCUT2D eigenvalue weighted by Gasteiger charge is -2.26. The summed E-state index contributed by atoms with van der Waals surface area (Å²) in [5.74, 6) is 7.26. The molecule has 3 heterocycles. The van der Waals surface area contributed by atoms with Crippen molar-refractivity contribution in [1.82, 2.24) is 14.5 Å². The Kier molecular flexibility index (Phi) is 5.69. The minimum atomic E-state index is 0.0332. The molecule has 5 heteroatoms. The Morgan fingerprint density at radius 1 is 1.00 bits per heavy atom. The third-order valence-electron chi connectivity index (χ3n) is 5.69. The molecule has 0 fully saturated rings. The Morgan fingerprint density at radius 3 is 2.62 bits per heavy atom. The quantitative estimate of drug-likeness (QED) is 0.468. The van der Waals surface area contributed by atoms with Gasteiger partial charge in [0.05, 0.1) is 36.9 Å². The molecule has 5 nitrogen and oxygen atoms in total. The molecule has 0 spiro atoms. The average Bonchev–Trinajstić information content (AvgIpc) is 3.37. The number of hydrogen-bond acceptors (Lipinski definition) is 4. The lowest BCUT2D eigenvalue weighted by Crippen LogP contribution is -2.38. The first-order valence-electron chi connectivity index (χ1n) is 10.7. The van der Waals surface area contributed by atoms with Crippen LogP contribution in [0.1, 0.15) is 22.4 Å². The monoisotopic (exact) mass is 421 g/mol. The van der Waals surface area contributed by atoms with Crippen LogP contribution in [0.4, 0.5) is 0 Å². The summed E-state index contributed by atoms with van der Waals surface area (Å²) in [6.45, 7) is 2.58. The molecule has 1 aliphatic heterocycles. The van der Waals surface area contributed by atoms with Crippen LogP contribution in [-0.2, 0) is 19.5 Å². The van der Waals surface area contributed by atoms with E-state index in [0.29, 0.717) is 19.6 Å². The van der Waals surface area contributed by atoms with E-state index in [2.05, 4.69) is 21.7 Å². The summed E-state index contributed by atoms with van der Waals surface area (Å²) in [4.78, 5) is 20.0. The molecule has 32 heavy (non-hydrogen) atoms. The van der Waals surface area contributed by atoms with Crippen LogP contribution in [0.3, 0.4) is 0 Å². The summed E-state index contributed by atoms with van der Waals surface area (Å²) in [7, 11) is 0. The van der Waals surface area contributed by atoms with Crippen LogP contribution in [0.25, 0.3) is 11.3 Å². The zero-order valence-corrected chi connectivity index (χ0v) is 17.7. The Bertz CT molecular complexity index is 1310. The second kappa shape index (κ2) is 9.09. The minimum Gasteiger partial charge on any atom is -0.464 e. The zero-order chi connectivity index (χ0) is 21.8. The highest BCUT2D eigenvalue weighted by molar-refractivity contribution is 5.57. The van der Waals surface area contributed by atoms with Crippen LogP contribution in [0.15, 0.2) is 88.5 Å². The molecular weight excluding hydrogens is 398 g/mol. The van der Waals surface area contributed by atoms with Crippen LogP contribution in [0.5, 0.6) is 0 Å². The summed E-state index contributed by atoms with van der Waals surface area (Å²) < 4.78 is 7.14. The van der Waals surface area contributed by atoms with Gasteiger partial charge >= 0.3 is 0 Å². The Hall–Kier alpha value is -3.88. The second-order valence-corrected chi connectivity index (χ2v) is 7.91. The van der Waals surface area contributed by atoms with E-state index in [4.69, 9.17) is 4.42 Å². The fraction of sp³-hybridized carbons (Fsp3) is 0.185. The van der Waals surface area contributed by atoms with Gasteiger partial charge in [-0.1, -0.05) is 54.3 Å². The van der Waals surface area contributed by atoms with Crippen molar-refractivity contribution in [3.8, 4) is 23.2 Å². The van der Waals surface area contributed by atoms with Crippen molar-refractivity contribution in [2.24, 2.45) is 0 Å². The summed E-state index contributed by atoms with van der Waals surface area (Å²) in [5, 5.41) is 0. The van der Waals surface area contributed by atoms with Gasteiger partial charge in [0.2, 0.25) is 0 Å². The maximum atomic E-state index is 13.2. The number of furan rings is 1. The standard InChI is InChI=1S/C27H23N3O2/c31-27-24-19-29(15-4-8-21-6-2-1-3-7-21)16-14-25(24)28-20-30(27)18-22-10-12-23(13-11-22)26-9-5-17-32-26/h1-3,5-7,9-13,17,20H,14-16,18-19H2. The van der Waals surface area contributed by atoms with E-state index >= 15 is 0 Å². The number of nitrogens with zero attached hydrogens (tertiary/aromatic N) is 3. The Balaban J connectivity index is 1.29. The van der Waals surface area contributed by atoms with Crippen LogP contribution < -0.4 is 5.56 Å². The highest BCUT2D eigenvalue weighted by Gasteiger charge is 2.20. The van der Waals surface area contributed by atoms with E-state index in [9.17, 15) is 4.79 Å². The molecule has 0 N–H and O–H groups in total. The smallest absolute Gasteiger partial charge is 0.258 e. The highest BCUT2D eigenvalue weighted by atomic mass is 16.3. The van der Waals surface area contributed by atoms with Crippen LogP contribution in [0, 0.1) is 11.8 Å². The first-order valence-corrected chi connectivity index (χ1v) is 10.7. The fourth-order valence-electron chi connectivity index (χ4n) is 3.94. The molecule has 0 unspecified atom stereocenters. The molecule has 0 atom stereocenters. The molecular formula is C27H23N3O2. The minimum absolute atomic E-state index is 0.0332. The van der Waals surface area contributed by atoms with Gasteiger partial charge in [-0.15, -0.1) is 0 Å². The Labute approximate surface area is 187 Å². The van der Waals surface area contributed by atoms with Gasteiger partial charge in [-0.05, 0) is 29.8 Å². The van der Waals surface area contributed by atoms with Gasteiger partial charge in [-0.2, -0.15) is 0 Å². The molecule has 0 amide bonds. The van der Waals surface area contributed by atoms with Crippen LogP contribution in [0.2, 0.25) is 0 Å². The SMILES string of the molecule is O=c1c2c(ncn1Cc1ccc(-c3ccco3)cc1)CCN(CC#Cc1ccccc1)C2. The Morgan fingerprint density at radius 2 is 1.84 bits per heavy atom. The first-order chi connectivity index (χ1) is 15.8. The number of aromatic nitrogens is 2. The molecule has 2 aromatic heterocycles. The number of hydrogen-bond donors (Lipinski definition) is 0. The van der Waals surface area contributed by atoms with E-state index in [0.717, 1.165) is 46.7 Å². The number of benzene rings is 2. The van der Waals surface area contributed by atoms with Gasteiger partial charge in [0.25, 0.3) is 5.56 Å². The maximum absolute atomic E-state index is 13.2. The molecule has 2 aromatic carbocycles. The summed E-state index contributed by atoms with van der Waals surface area (Å²) in [5.41, 5.74) is 4.80. The van der Waals surface area contributed by atoms with E-state index in [-0.39, 0.29) is 5.56 Å². The van der Waals surface area contributed by atoms with E-state index < -0.39 is 0 Å². The van der Waals surface area contributed by atoms with Crippen molar-refractivity contribution in [3.63, 3.8) is 0 Å². The van der Waals surface area contributed by atoms with E-state index in [1.54, 1.807) is 17.2 Å². The van der Waals surface area contributed by atoms with Gasteiger partial charge in [0.15, 0.2) is 0 Å².